The molecule has 0 unspecified atom stereocenters. The fraction of sp³-hybridized carbons (Fsp3) is 0.275. The van der Waals surface area contributed by atoms with Crippen LogP contribution in [0.4, 0.5) is 23.3 Å². The number of nitrogens with zero attached hydrogens (tertiary/aromatic N) is 4. The van der Waals surface area contributed by atoms with Gasteiger partial charge in [-0.15, -0.1) is 0 Å². The van der Waals surface area contributed by atoms with E-state index in [1.54, 1.807) is 142 Å². The second kappa shape index (κ2) is 44.6. The molecule has 0 bridgehead atoms. The van der Waals surface area contributed by atoms with Crippen molar-refractivity contribution in [1.82, 2.24) is 20.6 Å². The Balaban J connectivity index is 0.000000497. The minimum absolute atomic E-state index is 0. The van der Waals surface area contributed by atoms with Crippen LogP contribution >= 0.6 is 31.9 Å². The molecule has 4 radical (unpaired) electrons. The summed E-state index contributed by atoms with van der Waals surface area (Å²) in [5.74, 6) is 3.09. The van der Waals surface area contributed by atoms with Gasteiger partial charge >= 0.3 is 0 Å². The average molecular weight is 1790 g/mol. The summed E-state index contributed by atoms with van der Waals surface area (Å²) >= 11 is 6.66. The van der Waals surface area contributed by atoms with Crippen LogP contribution in [0.5, 0.6) is 34.5 Å². The molecule has 4 aromatic heterocycles. The van der Waals surface area contributed by atoms with Crippen molar-refractivity contribution in [3.05, 3.63) is 212 Å². The number of nitrogens with one attached hydrogen (secondary N) is 4. The highest BCUT2D eigenvalue weighted by Crippen LogP contribution is 2.36. The lowest BCUT2D eigenvalue weighted by molar-refractivity contribution is 0.273. The van der Waals surface area contributed by atoms with Crippen LogP contribution in [-0.2, 0) is 72.4 Å². The molecule has 618 valence electrons. The van der Waals surface area contributed by atoms with Crippen LogP contribution in [0.3, 0.4) is 0 Å². The summed E-state index contributed by atoms with van der Waals surface area (Å²) in [5, 5.41) is 26.6. The van der Waals surface area contributed by atoms with Crippen molar-refractivity contribution in [2.75, 3.05) is 61.5 Å². The summed E-state index contributed by atoms with van der Waals surface area (Å²) in [6.07, 6.45) is 2.87. The molecule has 5 N–H and O–H groups in total. The van der Waals surface area contributed by atoms with E-state index in [9.17, 15) is 33.7 Å². The molecule has 0 aliphatic carbocycles. The Bertz CT molecular complexity index is 5260. The zero-order valence-electron chi connectivity index (χ0n) is 65.2. The van der Waals surface area contributed by atoms with Crippen LogP contribution in [0.2, 0.25) is 13.6 Å². The van der Waals surface area contributed by atoms with Gasteiger partial charge in [0.05, 0.1) is 86.5 Å². The van der Waals surface area contributed by atoms with Crippen molar-refractivity contribution in [1.29, 1.82) is 0 Å². The highest BCUT2D eigenvalue weighted by molar-refractivity contribution is 9.10. The van der Waals surface area contributed by atoms with Gasteiger partial charge in [-0.05, 0) is 194 Å². The summed E-state index contributed by atoms with van der Waals surface area (Å²) in [6.45, 7) is 11.6. The molecule has 27 nitrogen and oxygen atoms in total. The first-order chi connectivity index (χ1) is 54.4. The molecule has 0 amide bonds. The van der Waals surface area contributed by atoms with Crippen LogP contribution < -0.4 is 47.3 Å². The van der Waals surface area contributed by atoms with E-state index in [-0.39, 0.29) is 111 Å². The van der Waals surface area contributed by atoms with Crippen LogP contribution in [0.15, 0.2) is 210 Å². The van der Waals surface area contributed by atoms with E-state index in [1.807, 2.05) is 77.9 Å². The summed E-state index contributed by atoms with van der Waals surface area (Å²) in [5.41, 5.74) is 8.38. The molecular formula is C80H100B2Br2N8O19S4. The number of fused-ring (bicyclic) bond motifs is 4. The highest BCUT2D eigenvalue weighted by Gasteiger charge is 2.28. The number of aryl methyl sites for hydroxylation is 6. The normalized spacial score (nSPS) is 11.0. The summed E-state index contributed by atoms with van der Waals surface area (Å²) in [7, 11) is 2.47. The number of hydrogen-bond donors (Lipinski definition) is 5. The van der Waals surface area contributed by atoms with E-state index >= 15 is 0 Å². The van der Waals surface area contributed by atoms with Gasteiger partial charge in [0.15, 0.2) is 45.6 Å². The number of ether oxygens (including phenoxy) is 6. The Labute approximate surface area is 698 Å². The number of aliphatic hydroxyl groups is 1. The number of rotatable bonds is 23. The highest BCUT2D eigenvalue weighted by atomic mass is 79.9. The Morgan fingerprint density at radius 3 is 0.887 bits per heavy atom. The van der Waals surface area contributed by atoms with E-state index < -0.39 is 40.1 Å². The van der Waals surface area contributed by atoms with Gasteiger partial charge in [0, 0.05) is 26.2 Å². The van der Waals surface area contributed by atoms with Crippen LogP contribution in [0.1, 0.15) is 94.5 Å². The van der Waals surface area contributed by atoms with E-state index in [4.69, 9.17) is 54.4 Å². The maximum absolute atomic E-state index is 12.8. The first kappa shape index (κ1) is 93.6. The summed E-state index contributed by atoms with van der Waals surface area (Å²) in [6, 6.07) is 47.0. The molecule has 35 heteroatoms. The SMILES string of the molecule is C.C.C.CCc1ccc(OC)c(S(=O)(=O)Nc2noc3cc(Br)ccc23)c1.CCc1ccc(OC)c(S(=O)(=O)Nc2noc3cc(Br)ccc23)c1.CCc1ccc(OC)c(S(=O)(=O)Nc2noc3cc(C)ccc23)c1.CCc1ccc(OC)c(S(=O)(=O)Nc2noc3cc(C)ccc23)c1.COc1ccc(CO)c(OC)c1.[2H]C[B].[2H]C[B].[HH].[HH]. The third kappa shape index (κ3) is 24.6. The van der Waals surface area contributed by atoms with E-state index in [0.29, 0.717) is 62.5 Å². The van der Waals surface area contributed by atoms with Gasteiger partial charge in [-0.1, -0.05) is 152 Å². The molecule has 0 spiro atoms. The van der Waals surface area contributed by atoms with Gasteiger partial charge in [-0.25, -0.2) is 33.7 Å². The number of benzene rings is 9. The van der Waals surface area contributed by atoms with E-state index in [2.05, 4.69) is 87.1 Å². The zero-order chi connectivity index (χ0) is 83.7. The fourth-order valence-corrected chi connectivity index (χ4v) is 16.1. The lowest BCUT2D eigenvalue weighted by Crippen LogP contribution is -2.15. The fourth-order valence-electron chi connectivity index (χ4n) is 10.5. The third-order valence-electron chi connectivity index (χ3n) is 16.4. The Hall–Kier alpha value is -10.3. The molecule has 0 saturated heterocycles. The summed E-state index contributed by atoms with van der Waals surface area (Å²) in [4.78, 5) is 0.287. The molecular weight excluding hydrogens is 1690 g/mol. The first-order valence-electron chi connectivity index (χ1n) is 35.2. The largest absolute Gasteiger partial charge is 0.497 e. The lowest BCUT2D eigenvalue weighted by Gasteiger charge is -2.11. The summed E-state index contributed by atoms with van der Waals surface area (Å²) < 4.78 is 177. The van der Waals surface area contributed by atoms with Crippen LogP contribution in [-0.4, -0.2) is 118 Å². The third-order valence-corrected chi connectivity index (χ3v) is 22.8. The molecule has 0 saturated carbocycles. The van der Waals surface area contributed by atoms with Gasteiger partial charge in [0.1, 0.15) is 54.1 Å². The van der Waals surface area contributed by atoms with Gasteiger partial charge in [-0.3, -0.25) is 18.9 Å². The molecule has 13 rings (SSSR count). The van der Waals surface area contributed by atoms with Crippen molar-refractivity contribution >= 4 is 155 Å². The minimum Gasteiger partial charge on any atom is -0.497 e. The molecule has 115 heavy (non-hydrogen) atoms. The number of sulfonamides is 4. The predicted octanol–water partition coefficient (Wildman–Crippen LogP) is 18.9. The van der Waals surface area contributed by atoms with Gasteiger partial charge in [-0.2, -0.15) is 0 Å². The molecule has 0 aliphatic heterocycles. The number of halogens is 2. The molecule has 0 aliphatic rings. The molecule has 13 aromatic rings. The molecule has 0 fully saturated rings. The van der Waals surface area contributed by atoms with E-state index in [1.165, 1.54) is 28.4 Å². The topological polar surface area (TPSA) is 364 Å². The number of methoxy groups -OCH3 is 6. The van der Waals surface area contributed by atoms with Crippen molar-refractivity contribution in [3.63, 3.8) is 0 Å². The number of hydrogen-bond acceptors (Lipinski definition) is 23. The van der Waals surface area contributed by atoms with Crippen molar-refractivity contribution in [3.8, 4) is 34.5 Å². The second-order valence-electron chi connectivity index (χ2n) is 23.5. The second-order valence-corrected chi connectivity index (χ2v) is 32.0. The maximum atomic E-state index is 12.8. The Kier molecular flexibility index (Phi) is 36.2. The number of aromatic nitrogens is 4. The quantitative estimate of drug-likeness (QED) is 0.0371. The minimum atomic E-state index is -3.87. The Morgan fingerprint density at radius 1 is 0.383 bits per heavy atom. The monoisotopic (exact) mass is 1790 g/mol. The van der Waals surface area contributed by atoms with Crippen LogP contribution in [0.25, 0.3) is 43.9 Å². The van der Waals surface area contributed by atoms with Crippen molar-refractivity contribution < 1.29 is 90.9 Å². The average Bonchev–Trinajstić information content (AvgIpc) is 1.75. The maximum Gasteiger partial charge on any atom is 0.266 e. The first-order valence-corrected chi connectivity index (χ1v) is 41.3. The molecule has 0 atom stereocenters. The van der Waals surface area contributed by atoms with E-state index in [0.717, 1.165) is 66.5 Å². The van der Waals surface area contributed by atoms with Crippen molar-refractivity contribution in [2.24, 2.45) is 0 Å². The van der Waals surface area contributed by atoms with Gasteiger partial charge in [0.25, 0.3) is 40.1 Å². The zero-order valence-corrected chi connectivity index (χ0v) is 69.6. The van der Waals surface area contributed by atoms with Crippen LogP contribution in [0, 0.1) is 13.8 Å². The Morgan fingerprint density at radius 2 is 0.643 bits per heavy atom. The van der Waals surface area contributed by atoms with Crippen molar-refractivity contribution in [2.45, 2.75) is 129 Å². The standard InChI is InChI=1S/2C17H18N2O4S.2C16H15BrN2O4S.C9H12O3.2CH3B.3CH4.2H2/c2*1-4-12-6-8-14(22-3)16(10-12)24(20,21)19-17-13-7-5-11(2)9-15(13)23-18-17;2*1-3-10-4-7-13(22-2)15(8-10)24(20,21)19-16-12-6-5-11(17)9-14(12)23-18-16;1-11-8-4-3-7(6-10)9(5-8)12-2;2*1-2;;;;;/h2*5-10H,4H2,1-3H3,(H,18,19);2*4-9H,3H2,1-2H3,(H,18,19);3-5,10H,6H2,1-2H3;2*1H3;3*1H4;2*1H/i;;;;;2*1D;;;;;. The number of aliphatic hydroxyl groups excluding tert-OH is 1. The van der Waals surface area contributed by atoms with Gasteiger partial charge in [0.2, 0.25) is 0 Å². The lowest BCUT2D eigenvalue weighted by atomic mass is 10.2. The number of anilines is 4. The smallest absolute Gasteiger partial charge is 0.266 e. The molecule has 4 heterocycles. The predicted molar refractivity (Wildman–Crippen MR) is 467 cm³/mol. The molecule has 9 aromatic carbocycles. The van der Waals surface area contributed by atoms with Gasteiger partial charge < -0.3 is 51.6 Å².